The molecule has 3 unspecified atom stereocenters. The Morgan fingerprint density at radius 2 is 1.91 bits per heavy atom. The summed E-state index contributed by atoms with van der Waals surface area (Å²) in [7, 11) is 0. The number of likely N-dealkylation sites (tertiary alicyclic amines) is 1. The van der Waals surface area contributed by atoms with E-state index in [9.17, 15) is 20.0 Å². The number of rotatable bonds is 7. The minimum Gasteiger partial charge on any atom is -0.462 e. The van der Waals surface area contributed by atoms with E-state index >= 15 is 4.39 Å². The summed E-state index contributed by atoms with van der Waals surface area (Å²) in [6.45, 7) is 4.12. The summed E-state index contributed by atoms with van der Waals surface area (Å²) in [5.74, 6) is -0.806. The lowest BCUT2D eigenvalue weighted by Crippen LogP contribution is -2.55. The third-order valence-corrected chi connectivity index (χ3v) is 10.7. The van der Waals surface area contributed by atoms with Gasteiger partial charge in [0, 0.05) is 42.7 Å². The summed E-state index contributed by atoms with van der Waals surface area (Å²) < 4.78 is 44.2. The number of β-amino-alcohol motifs (C(OH)–C–C–N with tert-alkyl or cyclic N) is 1. The number of aromatic nitrogens is 3. The van der Waals surface area contributed by atoms with E-state index in [0.717, 1.165) is 30.4 Å². The number of anilines is 2. The number of fused-ring (bicyclic) bond motifs is 6. The van der Waals surface area contributed by atoms with Crippen molar-refractivity contribution < 1.29 is 23.4 Å². The highest BCUT2D eigenvalue weighted by atomic mass is 32.1. The maximum Gasteiger partial charge on any atom is 0.319 e. The van der Waals surface area contributed by atoms with Crippen molar-refractivity contribution in [1.82, 2.24) is 19.9 Å². The average Bonchev–Trinajstić information content (AvgIpc) is 3.36. The predicted octanol–water partition coefficient (Wildman–Crippen LogP) is 4.39. The SMILES string of the molecule is CC(O)CN1CC2CCC(C1)N2c1nc(OCC2(C#N)CC2)nc2c(F)c(-c3ncc(F)c4sc(N)c(C#N)c34)c3c(c12)COC3. The van der Waals surface area contributed by atoms with Crippen molar-refractivity contribution in [2.75, 3.05) is 36.9 Å². The fourth-order valence-electron chi connectivity index (χ4n) is 7.38. The Morgan fingerprint density at radius 1 is 1.17 bits per heavy atom. The molecule has 4 aromatic rings. The monoisotopic (exact) mass is 644 g/mol. The summed E-state index contributed by atoms with van der Waals surface area (Å²) in [6, 6.07) is 4.46. The first kappa shape index (κ1) is 29.2. The molecule has 4 aliphatic rings. The van der Waals surface area contributed by atoms with Crippen LogP contribution in [-0.2, 0) is 18.0 Å². The van der Waals surface area contributed by atoms with Gasteiger partial charge in [-0.1, -0.05) is 0 Å². The van der Waals surface area contributed by atoms with Crippen LogP contribution in [0.4, 0.5) is 19.6 Å². The minimum atomic E-state index is -0.705. The van der Waals surface area contributed by atoms with E-state index in [2.05, 4.69) is 25.8 Å². The van der Waals surface area contributed by atoms with Gasteiger partial charge in [-0.3, -0.25) is 9.88 Å². The molecule has 0 radical (unpaired) electrons. The molecule has 3 aliphatic heterocycles. The van der Waals surface area contributed by atoms with E-state index in [1.54, 1.807) is 6.92 Å². The lowest BCUT2D eigenvalue weighted by Gasteiger charge is -2.42. The van der Waals surface area contributed by atoms with Crippen LogP contribution in [-0.4, -0.2) is 69.4 Å². The van der Waals surface area contributed by atoms with Gasteiger partial charge in [0.25, 0.3) is 0 Å². The van der Waals surface area contributed by atoms with Crippen molar-refractivity contribution in [3.63, 3.8) is 0 Å². The van der Waals surface area contributed by atoms with Crippen molar-refractivity contribution in [1.29, 1.82) is 10.5 Å². The predicted molar refractivity (Wildman–Crippen MR) is 166 cm³/mol. The molecule has 1 saturated carbocycles. The number of piperazine rings is 1. The zero-order valence-corrected chi connectivity index (χ0v) is 25.8. The molecule has 14 heteroatoms. The standard InChI is InChI=1S/C32H30F2N8O3S/c1-15(43)8-41-9-16-2-3-17(10-41)42(16)30-24-20-12-44-11-19(20)22(26-23-18(6-35)29(37)46-28(23)21(33)7-38-26)25(34)27(24)39-31(40-30)45-14-32(13-36)4-5-32/h7,15-17,43H,2-5,8-12,14,37H2,1H3. The van der Waals surface area contributed by atoms with Crippen molar-refractivity contribution in [2.45, 2.75) is 64.0 Å². The summed E-state index contributed by atoms with van der Waals surface area (Å²) >= 11 is 0.921. The molecule has 2 bridgehead atoms. The summed E-state index contributed by atoms with van der Waals surface area (Å²) in [4.78, 5) is 18.3. The van der Waals surface area contributed by atoms with Crippen LogP contribution >= 0.6 is 11.3 Å². The molecule has 1 aliphatic carbocycles. The highest BCUT2D eigenvalue weighted by molar-refractivity contribution is 7.23. The molecule has 3 aromatic heterocycles. The molecule has 3 N–H and O–H groups in total. The van der Waals surface area contributed by atoms with E-state index in [4.69, 9.17) is 20.2 Å². The molecule has 236 valence electrons. The first-order valence-corrected chi connectivity index (χ1v) is 16.2. The zero-order chi connectivity index (χ0) is 31.9. The smallest absolute Gasteiger partial charge is 0.319 e. The van der Waals surface area contributed by atoms with Crippen LogP contribution in [0.25, 0.3) is 32.2 Å². The minimum absolute atomic E-state index is 0.00727. The van der Waals surface area contributed by atoms with Crippen molar-refractivity contribution in [3.05, 3.63) is 34.5 Å². The molecule has 0 spiro atoms. The summed E-state index contributed by atoms with van der Waals surface area (Å²) in [6.07, 6.45) is 3.79. The Morgan fingerprint density at radius 3 is 2.59 bits per heavy atom. The molecule has 2 saturated heterocycles. The van der Waals surface area contributed by atoms with Gasteiger partial charge in [-0.05, 0) is 43.7 Å². The molecular weight excluding hydrogens is 614 g/mol. The number of nitrogen functional groups attached to an aromatic ring is 1. The van der Waals surface area contributed by atoms with Crippen LogP contribution in [0.1, 0.15) is 49.3 Å². The topological polar surface area (TPSA) is 157 Å². The Bertz CT molecular complexity index is 2000. The summed E-state index contributed by atoms with van der Waals surface area (Å²) in [5.41, 5.74) is 6.96. The van der Waals surface area contributed by atoms with Gasteiger partial charge in [-0.25, -0.2) is 8.78 Å². The molecule has 8 rings (SSSR count). The molecule has 3 atom stereocenters. The van der Waals surface area contributed by atoms with E-state index in [0.29, 0.717) is 54.8 Å². The second-order valence-corrected chi connectivity index (χ2v) is 13.9. The Labute approximate surface area is 266 Å². The Kier molecular flexibility index (Phi) is 6.78. The number of nitriles is 2. The third kappa shape index (κ3) is 4.47. The van der Waals surface area contributed by atoms with Crippen LogP contribution in [0.5, 0.6) is 6.01 Å². The number of thiophene rings is 1. The van der Waals surface area contributed by atoms with Crippen molar-refractivity contribution in [2.24, 2.45) is 5.41 Å². The number of ether oxygens (including phenoxy) is 2. The lowest BCUT2D eigenvalue weighted by atomic mass is 9.93. The number of hydrogen-bond donors (Lipinski definition) is 2. The first-order chi connectivity index (χ1) is 22.2. The maximum atomic E-state index is 17.2. The zero-order valence-electron chi connectivity index (χ0n) is 25.0. The van der Waals surface area contributed by atoms with E-state index < -0.39 is 23.2 Å². The molecule has 0 amide bonds. The number of aliphatic hydroxyl groups excluding tert-OH is 1. The number of halogens is 2. The molecule has 3 fully saturated rings. The Hall–Kier alpha value is -4.21. The normalized spacial score (nSPS) is 22.2. The maximum absolute atomic E-state index is 17.2. The van der Waals surface area contributed by atoms with Crippen LogP contribution in [0.15, 0.2) is 6.20 Å². The van der Waals surface area contributed by atoms with Gasteiger partial charge in [-0.2, -0.15) is 20.5 Å². The molecule has 11 nitrogen and oxygen atoms in total. The van der Waals surface area contributed by atoms with Gasteiger partial charge in [0.2, 0.25) is 0 Å². The van der Waals surface area contributed by atoms with Crippen LogP contribution in [0.2, 0.25) is 0 Å². The quantitative estimate of drug-likeness (QED) is 0.294. The second-order valence-electron chi connectivity index (χ2n) is 12.8. The molecule has 46 heavy (non-hydrogen) atoms. The number of pyridine rings is 1. The summed E-state index contributed by atoms with van der Waals surface area (Å²) in [5, 5.41) is 30.4. The van der Waals surface area contributed by atoms with Gasteiger partial charge >= 0.3 is 6.01 Å². The largest absolute Gasteiger partial charge is 0.462 e. The molecular formula is C32H30F2N8O3S. The van der Waals surface area contributed by atoms with Crippen LogP contribution in [0.3, 0.4) is 0 Å². The average molecular weight is 645 g/mol. The molecule has 1 aromatic carbocycles. The number of benzene rings is 1. The fraction of sp³-hybridized carbons (Fsp3) is 0.469. The van der Waals surface area contributed by atoms with E-state index in [1.165, 1.54) is 0 Å². The van der Waals surface area contributed by atoms with Gasteiger partial charge < -0.3 is 25.2 Å². The van der Waals surface area contributed by atoms with Gasteiger partial charge in [-0.15, -0.1) is 11.3 Å². The van der Waals surface area contributed by atoms with Gasteiger partial charge in [0.1, 0.15) is 29.0 Å². The number of nitrogens with zero attached hydrogens (tertiary/aromatic N) is 7. The lowest BCUT2D eigenvalue weighted by molar-refractivity contribution is 0.111. The van der Waals surface area contributed by atoms with Crippen LogP contribution < -0.4 is 15.4 Å². The van der Waals surface area contributed by atoms with Crippen LogP contribution in [0, 0.1) is 39.7 Å². The van der Waals surface area contributed by atoms with E-state index in [-0.39, 0.29) is 75.3 Å². The van der Waals surface area contributed by atoms with Gasteiger partial charge in [0.05, 0.1) is 58.3 Å². The first-order valence-electron chi connectivity index (χ1n) is 15.3. The third-order valence-electron chi connectivity index (χ3n) is 9.70. The van der Waals surface area contributed by atoms with Crippen molar-refractivity contribution in [3.8, 4) is 29.4 Å². The number of hydrogen-bond acceptors (Lipinski definition) is 12. The Balaban J connectivity index is 1.35. The van der Waals surface area contributed by atoms with Gasteiger partial charge in [0.15, 0.2) is 11.6 Å². The second kappa shape index (κ2) is 10.7. The highest BCUT2D eigenvalue weighted by Crippen LogP contribution is 2.49. The number of aliphatic hydroxyl groups is 1. The fourth-order valence-corrected chi connectivity index (χ4v) is 8.30. The highest BCUT2D eigenvalue weighted by Gasteiger charge is 2.45. The van der Waals surface area contributed by atoms with Crippen molar-refractivity contribution >= 4 is 43.1 Å². The number of nitrogens with two attached hydrogens (primary N) is 1. The van der Waals surface area contributed by atoms with E-state index in [1.807, 2.05) is 6.07 Å². The molecule has 6 heterocycles.